The first-order chi connectivity index (χ1) is 7.63. The lowest BCUT2D eigenvalue weighted by Crippen LogP contribution is -1.97. The molecule has 0 saturated carbocycles. The number of halogens is 2. The average Bonchev–Trinajstić information content (AvgIpc) is 2.25. The van der Waals surface area contributed by atoms with Crippen LogP contribution in [0.25, 0.3) is 0 Å². The third-order valence-corrected chi connectivity index (χ3v) is 2.07. The zero-order valence-electron chi connectivity index (χ0n) is 8.48. The largest absolute Gasteiger partial charge is 0.390 e. The Morgan fingerprint density at radius 1 is 1.50 bits per heavy atom. The predicted octanol–water partition coefficient (Wildman–Crippen LogP) is 4.05. The molecule has 86 valence electrons. The second-order valence-electron chi connectivity index (χ2n) is 2.97. The Bertz CT molecular complexity index is 394. The highest BCUT2D eigenvalue weighted by Crippen LogP contribution is 2.21. The van der Waals surface area contributed by atoms with Crippen LogP contribution in [0.4, 0.5) is 11.4 Å². The van der Waals surface area contributed by atoms with Gasteiger partial charge in [-0.15, -0.1) is 28.1 Å². The first-order valence-electron chi connectivity index (χ1n) is 4.44. The van der Waals surface area contributed by atoms with Gasteiger partial charge in [0.05, 0.1) is 5.69 Å². The number of hydrogen-bond acceptors (Lipinski definition) is 4. The van der Waals surface area contributed by atoms with Crippen LogP contribution >= 0.6 is 23.2 Å². The summed E-state index contributed by atoms with van der Waals surface area (Å²) in [5.41, 5.74) is 4.63. The summed E-state index contributed by atoms with van der Waals surface area (Å²) in [5.74, 6) is 0. The highest BCUT2D eigenvalue weighted by Gasteiger charge is 1.99. The number of benzene rings is 1. The summed E-state index contributed by atoms with van der Waals surface area (Å²) in [6.07, 6.45) is 2.81. The maximum atomic E-state index is 10.3. The Morgan fingerprint density at radius 2 is 2.25 bits per heavy atom. The molecule has 6 heteroatoms. The topological polar surface area (TPSA) is 50.7 Å². The summed E-state index contributed by atoms with van der Waals surface area (Å²) in [7, 11) is 0. The van der Waals surface area contributed by atoms with E-state index in [9.17, 15) is 4.91 Å². The summed E-state index contributed by atoms with van der Waals surface area (Å²) < 4.78 is 0. The molecule has 0 heterocycles. The van der Waals surface area contributed by atoms with Gasteiger partial charge < -0.3 is 4.84 Å². The molecule has 1 rings (SSSR count). The van der Waals surface area contributed by atoms with Crippen molar-refractivity contribution >= 4 is 34.6 Å². The molecule has 1 N–H and O–H groups in total. The molecule has 0 bridgehead atoms. The second-order valence-corrected chi connectivity index (χ2v) is 4.14. The van der Waals surface area contributed by atoms with Crippen molar-refractivity contribution in [2.45, 2.75) is 11.8 Å². The molecular formula is C10H10Cl2N2O2. The molecule has 0 amide bonds. The minimum Gasteiger partial charge on any atom is -0.390 e. The van der Waals surface area contributed by atoms with E-state index in [1.54, 1.807) is 18.2 Å². The third-order valence-electron chi connectivity index (χ3n) is 1.78. The fourth-order valence-corrected chi connectivity index (χ4v) is 1.13. The van der Waals surface area contributed by atoms with Crippen molar-refractivity contribution in [3.8, 4) is 0 Å². The van der Waals surface area contributed by atoms with Crippen molar-refractivity contribution in [3.05, 3.63) is 41.0 Å². The Kier molecular flexibility index (Phi) is 5.08. The zero-order chi connectivity index (χ0) is 12.0. The van der Waals surface area contributed by atoms with Gasteiger partial charge in [-0.25, -0.2) is 5.48 Å². The standard InChI is InChI=1S/C10H10Cl2N2O2/c1-7-6-8(13-15)2-3-9(7)14-16-5-4-10(11)12/h2-6,10,14H,1H3. The van der Waals surface area contributed by atoms with Gasteiger partial charge in [0.2, 0.25) is 0 Å². The number of alkyl halides is 2. The third kappa shape index (κ3) is 4.08. The molecule has 0 unspecified atom stereocenters. The number of rotatable bonds is 5. The number of nitrogens with one attached hydrogen (secondary N) is 1. The first-order valence-corrected chi connectivity index (χ1v) is 5.31. The number of nitroso groups, excluding NO2 is 1. The van der Waals surface area contributed by atoms with E-state index in [0.717, 1.165) is 11.3 Å². The van der Waals surface area contributed by atoms with Crippen LogP contribution in [0.2, 0.25) is 0 Å². The molecule has 0 fully saturated rings. The lowest BCUT2D eigenvalue weighted by molar-refractivity contribution is 0.329. The quantitative estimate of drug-likeness (QED) is 0.376. The number of hydrogen-bond donors (Lipinski definition) is 1. The first kappa shape index (κ1) is 12.8. The van der Waals surface area contributed by atoms with Gasteiger partial charge in [-0.1, -0.05) is 0 Å². The van der Waals surface area contributed by atoms with E-state index in [4.69, 9.17) is 28.0 Å². The van der Waals surface area contributed by atoms with Crippen molar-refractivity contribution in [3.63, 3.8) is 0 Å². The van der Waals surface area contributed by atoms with Gasteiger partial charge in [0.25, 0.3) is 0 Å². The second kappa shape index (κ2) is 6.35. The van der Waals surface area contributed by atoms with Crippen LogP contribution in [0, 0.1) is 11.8 Å². The highest BCUT2D eigenvalue weighted by atomic mass is 35.5. The van der Waals surface area contributed by atoms with Gasteiger partial charge in [-0.3, -0.25) is 0 Å². The SMILES string of the molecule is Cc1cc(N=O)ccc1NOC=CC(Cl)Cl. The van der Waals surface area contributed by atoms with Gasteiger partial charge in [0.15, 0.2) is 0 Å². The molecule has 4 nitrogen and oxygen atoms in total. The summed E-state index contributed by atoms with van der Waals surface area (Å²) in [6.45, 7) is 1.83. The van der Waals surface area contributed by atoms with Crippen molar-refractivity contribution in [2.24, 2.45) is 5.18 Å². The smallest absolute Gasteiger partial charge is 0.129 e. The van der Waals surface area contributed by atoms with E-state index in [1.807, 2.05) is 6.92 Å². The summed E-state index contributed by atoms with van der Waals surface area (Å²) in [5, 5.41) is 2.82. The molecule has 0 aliphatic carbocycles. The minimum atomic E-state index is -0.607. The maximum Gasteiger partial charge on any atom is 0.129 e. The summed E-state index contributed by atoms with van der Waals surface area (Å²) in [4.78, 5) is 14.6. The van der Waals surface area contributed by atoms with E-state index in [1.165, 1.54) is 12.3 Å². The van der Waals surface area contributed by atoms with E-state index in [2.05, 4.69) is 10.7 Å². The van der Waals surface area contributed by atoms with Crippen LogP contribution in [0.5, 0.6) is 0 Å². The summed E-state index contributed by atoms with van der Waals surface area (Å²) >= 11 is 10.9. The van der Waals surface area contributed by atoms with Gasteiger partial charge >= 0.3 is 0 Å². The molecule has 0 aliphatic rings. The average molecular weight is 261 g/mol. The molecular weight excluding hydrogens is 251 g/mol. The number of nitrogens with zero attached hydrogens (tertiary/aromatic N) is 1. The number of aryl methyl sites for hydroxylation is 1. The Morgan fingerprint density at radius 3 is 2.81 bits per heavy atom. The molecule has 16 heavy (non-hydrogen) atoms. The monoisotopic (exact) mass is 260 g/mol. The Hall–Kier alpha value is -1.26. The minimum absolute atomic E-state index is 0.375. The number of allylic oxidation sites excluding steroid dienone is 1. The van der Waals surface area contributed by atoms with Crippen LogP contribution in [0.1, 0.15) is 5.56 Å². The fraction of sp³-hybridized carbons (Fsp3) is 0.200. The predicted molar refractivity (Wildman–Crippen MR) is 66.0 cm³/mol. The van der Waals surface area contributed by atoms with E-state index >= 15 is 0 Å². The van der Waals surface area contributed by atoms with Crippen LogP contribution in [-0.4, -0.2) is 4.84 Å². The fourth-order valence-electron chi connectivity index (χ4n) is 1.02. The molecule has 1 aromatic carbocycles. The van der Waals surface area contributed by atoms with Crippen LogP contribution in [0.15, 0.2) is 35.7 Å². The molecule has 0 spiro atoms. The Balaban J connectivity index is 2.57. The van der Waals surface area contributed by atoms with E-state index < -0.39 is 4.84 Å². The lowest BCUT2D eigenvalue weighted by atomic mass is 10.2. The Labute approximate surface area is 103 Å². The molecule has 0 aromatic heterocycles. The van der Waals surface area contributed by atoms with Gasteiger partial charge in [0.1, 0.15) is 16.8 Å². The van der Waals surface area contributed by atoms with Crippen molar-refractivity contribution in [2.75, 3.05) is 5.48 Å². The molecule has 0 aliphatic heterocycles. The van der Waals surface area contributed by atoms with Crippen LogP contribution in [0.3, 0.4) is 0 Å². The zero-order valence-corrected chi connectivity index (χ0v) is 10.00. The lowest BCUT2D eigenvalue weighted by Gasteiger charge is -2.07. The van der Waals surface area contributed by atoms with Gasteiger partial charge in [-0.05, 0) is 41.9 Å². The van der Waals surface area contributed by atoms with E-state index in [-0.39, 0.29) is 0 Å². The van der Waals surface area contributed by atoms with Crippen LogP contribution < -0.4 is 5.48 Å². The maximum absolute atomic E-state index is 10.3. The van der Waals surface area contributed by atoms with Crippen molar-refractivity contribution < 1.29 is 4.84 Å². The van der Waals surface area contributed by atoms with E-state index in [0.29, 0.717) is 5.69 Å². The van der Waals surface area contributed by atoms with Gasteiger partial charge in [0, 0.05) is 0 Å². The molecule has 1 aromatic rings. The molecule has 0 radical (unpaired) electrons. The van der Waals surface area contributed by atoms with Crippen molar-refractivity contribution in [1.82, 2.24) is 0 Å². The van der Waals surface area contributed by atoms with Crippen LogP contribution in [-0.2, 0) is 4.84 Å². The number of anilines is 1. The molecule has 0 atom stereocenters. The van der Waals surface area contributed by atoms with Gasteiger partial charge in [-0.2, -0.15) is 0 Å². The molecule has 0 saturated heterocycles. The van der Waals surface area contributed by atoms with Crippen molar-refractivity contribution in [1.29, 1.82) is 0 Å². The highest BCUT2D eigenvalue weighted by molar-refractivity contribution is 6.45. The normalized spacial score (nSPS) is 10.8. The summed E-state index contributed by atoms with van der Waals surface area (Å²) in [6, 6.07) is 4.93.